The first-order valence-corrected chi connectivity index (χ1v) is 8.80. The summed E-state index contributed by atoms with van der Waals surface area (Å²) in [6.45, 7) is 6.54. The van der Waals surface area contributed by atoms with E-state index in [4.69, 9.17) is 10.5 Å². The highest BCUT2D eigenvalue weighted by atomic mass is 16.5. The number of ether oxygens (including phenoxy) is 1. The van der Waals surface area contributed by atoms with E-state index < -0.39 is 0 Å². The number of para-hydroxylation sites is 1. The smallest absolute Gasteiger partial charge is 0.118 e. The van der Waals surface area contributed by atoms with Crippen LogP contribution in [0.15, 0.2) is 66.9 Å². The van der Waals surface area contributed by atoms with Crippen molar-refractivity contribution in [1.82, 2.24) is 4.98 Å². The summed E-state index contributed by atoms with van der Waals surface area (Å²) in [6.07, 6.45) is 4.07. The van der Waals surface area contributed by atoms with Gasteiger partial charge in [0.05, 0.1) is 7.11 Å². The van der Waals surface area contributed by atoms with Crippen LogP contribution in [0.25, 0.3) is 10.9 Å². The van der Waals surface area contributed by atoms with Gasteiger partial charge in [0.15, 0.2) is 0 Å². The van der Waals surface area contributed by atoms with Crippen molar-refractivity contribution in [1.29, 1.82) is 0 Å². The maximum atomic E-state index is 6.44. The summed E-state index contributed by atoms with van der Waals surface area (Å²) in [5, 5.41) is 1.22. The fourth-order valence-corrected chi connectivity index (χ4v) is 3.43. The lowest BCUT2D eigenvalue weighted by molar-refractivity contribution is 0.414. The molecule has 3 aromatic rings. The molecule has 2 unspecified atom stereocenters. The van der Waals surface area contributed by atoms with Gasteiger partial charge in [0.1, 0.15) is 5.75 Å². The second kappa shape index (κ2) is 7.58. The van der Waals surface area contributed by atoms with Crippen LogP contribution < -0.4 is 10.5 Å². The molecule has 1 aromatic heterocycles. The zero-order valence-electron chi connectivity index (χ0n) is 15.0. The Morgan fingerprint density at radius 1 is 1.16 bits per heavy atom. The number of hydrogen-bond donors (Lipinski definition) is 2. The molecule has 0 amide bonds. The molecule has 3 nitrogen and oxygen atoms in total. The molecular formula is C22H26N2O. The van der Waals surface area contributed by atoms with E-state index in [0.29, 0.717) is 0 Å². The van der Waals surface area contributed by atoms with Crippen LogP contribution in [-0.2, 0) is 0 Å². The maximum Gasteiger partial charge on any atom is 0.118 e. The third kappa shape index (κ3) is 3.47. The van der Waals surface area contributed by atoms with Crippen LogP contribution in [0, 0.1) is 0 Å². The number of nitrogens with one attached hydrogen (secondary N) is 1. The number of H-pyrrole nitrogens is 1. The Balaban J connectivity index is 2.09. The number of methoxy groups -OCH3 is 1. The van der Waals surface area contributed by atoms with Crippen LogP contribution in [0.2, 0.25) is 0 Å². The molecule has 1 heterocycles. The van der Waals surface area contributed by atoms with Crippen molar-refractivity contribution in [2.24, 2.45) is 5.73 Å². The number of fused-ring (bicyclic) bond motifs is 1. The Kier molecular flexibility index (Phi) is 5.25. The minimum absolute atomic E-state index is 0.0224. The van der Waals surface area contributed by atoms with E-state index in [1.807, 2.05) is 18.2 Å². The summed E-state index contributed by atoms with van der Waals surface area (Å²) in [5.74, 6) is 0.911. The van der Waals surface area contributed by atoms with Crippen LogP contribution in [0.4, 0.5) is 0 Å². The summed E-state index contributed by atoms with van der Waals surface area (Å²) in [6, 6.07) is 16.5. The van der Waals surface area contributed by atoms with Gasteiger partial charge in [0, 0.05) is 29.1 Å². The first-order chi connectivity index (χ1) is 12.2. The first kappa shape index (κ1) is 17.3. The lowest BCUT2D eigenvalue weighted by atomic mass is 9.81. The molecule has 2 atom stereocenters. The molecule has 0 saturated carbocycles. The highest BCUT2D eigenvalue weighted by Gasteiger charge is 2.24. The molecule has 0 bridgehead atoms. The van der Waals surface area contributed by atoms with E-state index in [1.54, 1.807) is 7.11 Å². The number of rotatable bonds is 7. The molecule has 0 radical (unpaired) electrons. The lowest BCUT2D eigenvalue weighted by Gasteiger charge is -2.25. The highest BCUT2D eigenvalue weighted by molar-refractivity contribution is 5.84. The average Bonchev–Trinajstić information content (AvgIpc) is 3.06. The third-order valence-electron chi connectivity index (χ3n) is 4.83. The van der Waals surface area contributed by atoms with Gasteiger partial charge in [-0.2, -0.15) is 0 Å². The molecule has 2 aromatic carbocycles. The van der Waals surface area contributed by atoms with Crippen molar-refractivity contribution in [2.45, 2.75) is 31.7 Å². The van der Waals surface area contributed by atoms with Crippen LogP contribution in [0.5, 0.6) is 5.75 Å². The second-order valence-electron chi connectivity index (χ2n) is 6.47. The molecule has 0 aliphatic carbocycles. The van der Waals surface area contributed by atoms with E-state index >= 15 is 0 Å². The Morgan fingerprint density at radius 2 is 1.88 bits per heavy atom. The van der Waals surface area contributed by atoms with Crippen molar-refractivity contribution < 1.29 is 4.74 Å². The zero-order chi connectivity index (χ0) is 17.8. The fourth-order valence-electron chi connectivity index (χ4n) is 3.43. The molecule has 0 spiro atoms. The topological polar surface area (TPSA) is 51.0 Å². The third-order valence-corrected chi connectivity index (χ3v) is 4.83. The predicted octanol–water partition coefficient (Wildman–Crippen LogP) is 4.99. The van der Waals surface area contributed by atoms with Crippen LogP contribution in [0.1, 0.15) is 36.8 Å². The molecule has 3 rings (SSSR count). The van der Waals surface area contributed by atoms with Crippen molar-refractivity contribution in [2.75, 3.05) is 7.11 Å². The zero-order valence-corrected chi connectivity index (χ0v) is 15.0. The Hall–Kier alpha value is -2.52. The standard InChI is InChI=1S/C22H26N2O/c1-4-7-20(23)15(2)22(16-10-12-17(25-3)13-11-16)19-14-24-21-9-6-5-8-18(19)21/h5-6,8-14,20,22,24H,2,4,7,23H2,1,3H3. The summed E-state index contributed by atoms with van der Waals surface area (Å²) < 4.78 is 5.30. The molecule has 0 saturated heterocycles. The molecule has 0 fully saturated rings. The minimum Gasteiger partial charge on any atom is -0.497 e. The van der Waals surface area contributed by atoms with E-state index in [1.165, 1.54) is 16.5 Å². The Bertz CT molecular complexity index is 848. The van der Waals surface area contributed by atoms with Crippen LogP contribution in [-0.4, -0.2) is 18.1 Å². The average molecular weight is 334 g/mol. The number of hydrogen-bond acceptors (Lipinski definition) is 2. The van der Waals surface area contributed by atoms with Gasteiger partial charge < -0.3 is 15.5 Å². The van der Waals surface area contributed by atoms with E-state index in [0.717, 1.165) is 29.7 Å². The highest BCUT2D eigenvalue weighted by Crippen LogP contribution is 2.37. The van der Waals surface area contributed by atoms with E-state index in [9.17, 15) is 0 Å². The lowest BCUT2D eigenvalue weighted by Crippen LogP contribution is -2.26. The molecule has 0 aliphatic rings. The van der Waals surface area contributed by atoms with Gasteiger partial charge in [-0.25, -0.2) is 0 Å². The second-order valence-corrected chi connectivity index (χ2v) is 6.47. The SMILES string of the molecule is C=C(C(N)CCC)C(c1ccc(OC)cc1)c1c[nH]c2ccccc12. The monoisotopic (exact) mass is 334 g/mol. The molecule has 25 heavy (non-hydrogen) atoms. The van der Waals surface area contributed by atoms with Crippen molar-refractivity contribution >= 4 is 10.9 Å². The summed E-state index contributed by atoms with van der Waals surface area (Å²) in [7, 11) is 1.68. The van der Waals surface area contributed by atoms with E-state index in [2.05, 4.69) is 55.0 Å². The van der Waals surface area contributed by atoms with Crippen LogP contribution >= 0.6 is 0 Å². The Labute approximate surface area is 149 Å². The van der Waals surface area contributed by atoms with Gasteiger partial charge in [-0.15, -0.1) is 0 Å². The number of nitrogens with two attached hydrogens (primary N) is 1. The quantitative estimate of drug-likeness (QED) is 0.598. The summed E-state index contributed by atoms with van der Waals surface area (Å²) in [5.41, 5.74) is 11.0. The number of benzene rings is 2. The van der Waals surface area contributed by atoms with Gasteiger partial charge in [-0.3, -0.25) is 0 Å². The van der Waals surface area contributed by atoms with Gasteiger partial charge in [-0.05, 0) is 41.3 Å². The number of aromatic amines is 1. The molecule has 0 aliphatic heterocycles. The summed E-state index contributed by atoms with van der Waals surface area (Å²) in [4.78, 5) is 3.38. The van der Waals surface area contributed by atoms with E-state index in [-0.39, 0.29) is 12.0 Å². The first-order valence-electron chi connectivity index (χ1n) is 8.80. The van der Waals surface area contributed by atoms with Crippen molar-refractivity contribution in [3.8, 4) is 5.75 Å². The van der Waals surface area contributed by atoms with Gasteiger partial charge in [0.2, 0.25) is 0 Å². The number of aromatic nitrogens is 1. The van der Waals surface area contributed by atoms with Crippen molar-refractivity contribution in [3.63, 3.8) is 0 Å². The molecule has 130 valence electrons. The molecule has 3 N–H and O–H groups in total. The maximum absolute atomic E-state index is 6.44. The predicted molar refractivity (Wildman–Crippen MR) is 105 cm³/mol. The molecule has 3 heteroatoms. The van der Waals surface area contributed by atoms with Crippen LogP contribution in [0.3, 0.4) is 0 Å². The van der Waals surface area contributed by atoms with Gasteiger partial charge in [0.25, 0.3) is 0 Å². The van der Waals surface area contributed by atoms with Gasteiger partial charge in [-0.1, -0.05) is 50.3 Å². The minimum atomic E-state index is -0.0224. The molecular weight excluding hydrogens is 308 g/mol. The largest absolute Gasteiger partial charge is 0.497 e. The summed E-state index contributed by atoms with van der Waals surface area (Å²) >= 11 is 0. The van der Waals surface area contributed by atoms with Crippen molar-refractivity contribution in [3.05, 3.63) is 78.0 Å². The fraction of sp³-hybridized carbons (Fsp3) is 0.273. The normalized spacial score (nSPS) is 13.6. The Morgan fingerprint density at radius 3 is 2.56 bits per heavy atom. The van der Waals surface area contributed by atoms with Gasteiger partial charge >= 0.3 is 0 Å².